The lowest BCUT2D eigenvalue weighted by Gasteiger charge is -2.29. The molecule has 0 aromatic heterocycles. The quantitative estimate of drug-likeness (QED) is 0.691. The predicted octanol–water partition coefficient (Wildman–Crippen LogP) is 1.28. The molecule has 1 N–H and O–H groups in total. The van der Waals surface area contributed by atoms with Crippen LogP contribution < -0.4 is 10.2 Å². The fourth-order valence-corrected chi connectivity index (χ4v) is 1.63. The van der Waals surface area contributed by atoms with Crippen LogP contribution in [-0.4, -0.2) is 26.2 Å². The van der Waals surface area contributed by atoms with Crippen LogP contribution in [0.5, 0.6) is 0 Å². The van der Waals surface area contributed by atoms with Crippen LogP contribution in [0.1, 0.15) is 5.56 Å². The summed E-state index contributed by atoms with van der Waals surface area (Å²) in [4.78, 5) is 2.40. The van der Waals surface area contributed by atoms with Gasteiger partial charge in [-0.2, -0.15) is 0 Å². The summed E-state index contributed by atoms with van der Waals surface area (Å²) in [5, 5.41) is 3.34. The second-order valence-electron chi connectivity index (χ2n) is 3.40. The number of hydrogen-bond acceptors (Lipinski definition) is 2. The minimum atomic E-state index is 1.08. The Morgan fingerprint density at radius 1 is 1.08 bits per heavy atom. The Morgan fingerprint density at radius 2 is 1.69 bits per heavy atom. The van der Waals surface area contributed by atoms with Gasteiger partial charge in [0.05, 0.1) is 0 Å². The van der Waals surface area contributed by atoms with Crippen LogP contribution in [-0.2, 0) is 0 Å². The van der Waals surface area contributed by atoms with E-state index < -0.39 is 0 Å². The maximum atomic E-state index is 3.88. The highest BCUT2D eigenvalue weighted by Crippen LogP contribution is 2.14. The van der Waals surface area contributed by atoms with Crippen LogP contribution in [0.4, 0.5) is 5.69 Å². The van der Waals surface area contributed by atoms with Crippen LogP contribution in [0.25, 0.3) is 0 Å². The van der Waals surface area contributed by atoms with Crippen molar-refractivity contribution in [1.29, 1.82) is 0 Å². The Labute approximate surface area is 79.6 Å². The summed E-state index contributed by atoms with van der Waals surface area (Å²) in [6.45, 7) is 8.27. The van der Waals surface area contributed by atoms with E-state index in [1.165, 1.54) is 5.69 Å². The molecule has 1 heterocycles. The van der Waals surface area contributed by atoms with Crippen molar-refractivity contribution in [3.63, 3.8) is 0 Å². The van der Waals surface area contributed by atoms with E-state index in [0.29, 0.717) is 0 Å². The average molecular weight is 175 g/mol. The van der Waals surface area contributed by atoms with Gasteiger partial charge in [-0.15, -0.1) is 0 Å². The Bertz CT molecular complexity index is 260. The van der Waals surface area contributed by atoms with Gasteiger partial charge >= 0.3 is 0 Å². The fraction of sp³-hybridized carbons (Fsp3) is 0.364. The minimum Gasteiger partial charge on any atom is -0.369 e. The molecule has 2 heteroatoms. The van der Waals surface area contributed by atoms with E-state index in [1.54, 1.807) is 0 Å². The first-order valence-corrected chi connectivity index (χ1v) is 4.74. The van der Waals surface area contributed by atoms with E-state index in [4.69, 9.17) is 0 Å². The molecule has 1 radical (unpaired) electrons. The second-order valence-corrected chi connectivity index (χ2v) is 3.40. The highest BCUT2D eigenvalue weighted by atomic mass is 15.2. The van der Waals surface area contributed by atoms with Gasteiger partial charge in [0.1, 0.15) is 0 Å². The van der Waals surface area contributed by atoms with Crippen molar-refractivity contribution < 1.29 is 0 Å². The van der Waals surface area contributed by atoms with Gasteiger partial charge in [0.25, 0.3) is 0 Å². The molecule has 1 saturated heterocycles. The van der Waals surface area contributed by atoms with Crippen molar-refractivity contribution in [2.45, 2.75) is 0 Å². The van der Waals surface area contributed by atoms with E-state index >= 15 is 0 Å². The summed E-state index contributed by atoms with van der Waals surface area (Å²) in [6.07, 6.45) is 0. The molecule has 2 rings (SSSR count). The lowest BCUT2D eigenvalue weighted by Crippen LogP contribution is -2.43. The first kappa shape index (κ1) is 8.57. The van der Waals surface area contributed by atoms with E-state index in [0.717, 1.165) is 31.7 Å². The molecule has 1 fully saturated rings. The van der Waals surface area contributed by atoms with Gasteiger partial charge in [-0.1, -0.05) is 12.1 Å². The normalized spacial score (nSPS) is 17.5. The summed E-state index contributed by atoms with van der Waals surface area (Å²) < 4.78 is 0. The largest absolute Gasteiger partial charge is 0.369 e. The lowest BCUT2D eigenvalue weighted by molar-refractivity contribution is 0.589. The molecule has 1 aromatic rings. The standard InChI is InChI=1S/C11H15N2/c1-10-2-4-11(5-3-10)13-8-6-12-7-9-13/h2-5,12H,1,6-9H2. The van der Waals surface area contributed by atoms with E-state index in [9.17, 15) is 0 Å². The Balaban J connectivity index is 2.10. The van der Waals surface area contributed by atoms with Crippen LogP contribution in [0.2, 0.25) is 0 Å². The summed E-state index contributed by atoms with van der Waals surface area (Å²) >= 11 is 0. The van der Waals surface area contributed by atoms with E-state index in [2.05, 4.69) is 41.4 Å². The summed E-state index contributed by atoms with van der Waals surface area (Å²) in [7, 11) is 0. The van der Waals surface area contributed by atoms with Gasteiger partial charge in [0.15, 0.2) is 0 Å². The first-order chi connectivity index (χ1) is 6.36. The third-order valence-electron chi connectivity index (χ3n) is 2.42. The van der Waals surface area contributed by atoms with Gasteiger partial charge in [0, 0.05) is 31.9 Å². The Hall–Kier alpha value is -1.02. The SMILES string of the molecule is [CH2]c1ccc(N2CCNCC2)cc1. The molecular formula is C11H15N2. The zero-order chi connectivity index (χ0) is 9.10. The molecule has 1 aromatic carbocycles. The van der Waals surface area contributed by atoms with Crippen LogP contribution in [0.3, 0.4) is 0 Å². The number of nitrogens with zero attached hydrogens (tertiary/aromatic N) is 1. The number of benzene rings is 1. The van der Waals surface area contributed by atoms with Crippen molar-refractivity contribution in [3.05, 3.63) is 36.8 Å². The minimum absolute atomic E-state index is 1.08. The third-order valence-corrected chi connectivity index (χ3v) is 2.42. The molecule has 1 aliphatic rings. The molecule has 0 unspecified atom stereocenters. The average Bonchev–Trinajstić information content (AvgIpc) is 2.20. The summed E-state index contributed by atoms with van der Waals surface area (Å²) in [6, 6.07) is 8.43. The van der Waals surface area contributed by atoms with Gasteiger partial charge in [-0.25, -0.2) is 0 Å². The van der Waals surface area contributed by atoms with Crippen molar-refractivity contribution in [3.8, 4) is 0 Å². The number of hydrogen-bond donors (Lipinski definition) is 1. The smallest absolute Gasteiger partial charge is 0.0367 e. The summed E-state index contributed by atoms with van der Waals surface area (Å²) in [5.41, 5.74) is 2.40. The molecule has 0 bridgehead atoms. The summed E-state index contributed by atoms with van der Waals surface area (Å²) in [5.74, 6) is 0. The molecule has 0 saturated carbocycles. The van der Waals surface area contributed by atoms with Crippen LogP contribution >= 0.6 is 0 Å². The van der Waals surface area contributed by atoms with Crippen molar-refractivity contribution in [2.24, 2.45) is 0 Å². The lowest BCUT2D eigenvalue weighted by atomic mass is 10.2. The van der Waals surface area contributed by atoms with Crippen molar-refractivity contribution in [1.82, 2.24) is 5.32 Å². The number of anilines is 1. The Kier molecular flexibility index (Phi) is 2.50. The van der Waals surface area contributed by atoms with E-state index in [1.807, 2.05) is 0 Å². The maximum absolute atomic E-state index is 3.88. The van der Waals surface area contributed by atoms with E-state index in [-0.39, 0.29) is 0 Å². The number of nitrogens with one attached hydrogen (secondary N) is 1. The molecule has 0 amide bonds. The number of rotatable bonds is 1. The van der Waals surface area contributed by atoms with Crippen molar-refractivity contribution >= 4 is 5.69 Å². The van der Waals surface area contributed by atoms with Crippen LogP contribution in [0.15, 0.2) is 24.3 Å². The Morgan fingerprint density at radius 3 is 2.31 bits per heavy atom. The predicted molar refractivity (Wildman–Crippen MR) is 56.0 cm³/mol. The highest BCUT2D eigenvalue weighted by Gasteiger charge is 2.08. The highest BCUT2D eigenvalue weighted by molar-refractivity contribution is 5.48. The van der Waals surface area contributed by atoms with Crippen molar-refractivity contribution in [2.75, 3.05) is 31.1 Å². The number of piperazine rings is 1. The molecule has 0 atom stereocenters. The van der Waals surface area contributed by atoms with Crippen LogP contribution in [0, 0.1) is 6.92 Å². The van der Waals surface area contributed by atoms with Gasteiger partial charge in [-0.3, -0.25) is 0 Å². The molecule has 69 valence electrons. The molecule has 0 spiro atoms. The zero-order valence-electron chi connectivity index (χ0n) is 7.79. The van der Waals surface area contributed by atoms with Gasteiger partial charge in [0.2, 0.25) is 0 Å². The molecular weight excluding hydrogens is 160 g/mol. The van der Waals surface area contributed by atoms with Gasteiger partial charge < -0.3 is 10.2 Å². The first-order valence-electron chi connectivity index (χ1n) is 4.74. The fourth-order valence-electron chi connectivity index (χ4n) is 1.63. The monoisotopic (exact) mass is 175 g/mol. The second kappa shape index (κ2) is 3.79. The molecule has 2 nitrogen and oxygen atoms in total. The molecule has 1 aliphatic heterocycles. The third kappa shape index (κ3) is 2.01. The topological polar surface area (TPSA) is 15.3 Å². The zero-order valence-corrected chi connectivity index (χ0v) is 7.79. The maximum Gasteiger partial charge on any atom is 0.0367 e. The van der Waals surface area contributed by atoms with Gasteiger partial charge in [-0.05, 0) is 24.6 Å². The molecule has 13 heavy (non-hydrogen) atoms. The molecule has 0 aliphatic carbocycles.